The van der Waals surface area contributed by atoms with E-state index >= 15 is 0 Å². The van der Waals surface area contributed by atoms with E-state index in [1.807, 2.05) is 24.3 Å². The third-order valence-electron chi connectivity index (χ3n) is 2.50. The number of para-hydroxylation sites is 1. The van der Waals surface area contributed by atoms with Crippen LogP contribution in [0.3, 0.4) is 0 Å². The van der Waals surface area contributed by atoms with Crippen molar-refractivity contribution in [3.8, 4) is 5.75 Å². The largest absolute Gasteiger partial charge is 0.489 e. The molecule has 0 aliphatic rings. The third kappa shape index (κ3) is 3.70. The fourth-order valence-corrected chi connectivity index (χ4v) is 1.67. The Bertz CT molecular complexity index is 322. The van der Waals surface area contributed by atoms with Gasteiger partial charge in [0.1, 0.15) is 11.9 Å². The smallest absolute Gasteiger partial charge is 0.123 e. The Balaban J connectivity index is 2.73. The van der Waals surface area contributed by atoms with Gasteiger partial charge < -0.3 is 10.5 Å². The van der Waals surface area contributed by atoms with Crippen molar-refractivity contribution in [2.75, 3.05) is 6.54 Å². The van der Waals surface area contributed by atoms with Crippen LogP contribution in [0, 0.1) is 0 Å². The molecule has 16 heavy (non-hydrogen) atoms. The Labute approximate surface area is 98.1 Å². The first-order valence-corrected chi connectivity index (χ1v) is 5.87. The maximum Gasteiger partial charge on any atom is 0.123 e. The Morgan fingerprint density at radius 3 is 2.81 bits per heavy atom. The van der Waals surface area contributed by atoms with Crippen LogP contribution in [0.25, 0.3) is 0 Å². The highest BCUT2D eigenvalue weighted by molar-refractivity contribution is 5.34. The van der Waals surface area contributed by atoms with Gasteiger partial charge in [-0.3, -0.25) is 0 Å². The second kappa shape index (κ2) is 7.07. The highest BCUT2D eigenvalue weighted by Gasteiger charge is 2.09. The average Bonchev–Trinajstić information content (AvgIpc) is 2.31. The lowest BCUT2D eigenvalue weighted by Gasteiger charge is -2.18. The molecule has 0 radical (unpaired) electrons. The van der Waals surface area contributed by atoms with Crippen LogP contribution in [-0.4, -0.2) is 12.6 Å². The van der Waals surface area contributed by atoms with Crippen LogP contribution in [0.5, 0.6) is 5.75 Å². The van der Waals surface area contributed by atoms with Gasteiger partial charge in [0.2, 0.25) is 0 Å². The lowest BCUT2D eigenvalue weighted by Crippen LogP contribution is -2.26. The number of hydrogen-bond donors (Lipinski definition) is 1. The van der Waals surface area contributed by atoms with Gasteiger partial charge in [-0.25, -0.2) is 0 Å². The molecule has 0 aromatic heterocycles. The van der Waals surface area contributed by atoms with Gasteiger partial charge in [0.25, 0.3) is 0 Å². The number of nitrogens with two attached hydrogens (primary N) is 1. The summed E-state index contributed by atoms with van der Waals surface area (Å²) in [4.78, 5) is 0. The van der Waals surface area contributed by atoms with Gasteiger partial charge in [-0.15, -0.1) is 6.58 Å². The number of allylic oxidation sites excluding steroid dienone is 1. The van der Waals surface area contributed by atoms with Crippen LogP contribution in [0.2, 0.25) is 0 Å². The van der Waals surface area contributed by atoms with Crippen molar-refractivity contribution >= 4 is 0 Å². The van der Waals surface area contributed by atoms with Crippen LogP contribution in [0.4, 0.5) is 0 Å². The number of rotatable bonds is 7. The molecule has 0 saturated heterocycles. The van der Waals surface area contributed by atoms with E-state index in [2.05, 4.69) is 19.6 Å². The molecule has 0 heterocycles. The molecule has 0 amide bonds. The van der Waals surface area contributed by atoms with Crippen molar-refractivity contribution in [3.05, 3.63) is 42.5 Å². The monoisotopic (exact) mass is 219 g/mol. The summed E-state index contributed by atoms with van der Waals surface area (Å²) in [6.45, 7) is 6.46. The maximum absolute atomic E-state index is 5.91. The van der Waals surface area contributed by atoms with E-state index in [9.17, 15) is 0 Å². The minimum Gasteiger partial charge on any atom is -0.489 e. The normalized spacial score (nSPS) is 12.1. The van der Waals surface area contributed by atoms with Gasteiger partial charge in [0, 0.05) is 6.54 Å². The summed E-state index contributed by atoms with van der Waals surface area (Å²) in [5.41, 5.74) is 6.86. The van der Waals surface area contributed by atoms with E-state index in [1.54, 1.807) is 0 Å². The van der Waals surface area contributed by atoms with Crippen LogP contribution in [-0.2, 0) is 6.42 Å². The van der Waals surface area contributed by atoms with Crippen molar-refractivity contribution < 1.29 is 4.74 Å². The molecule has 1 atom stereocenters. The molecule has 1 aromatic carbocycles. The number of ether oxygens (including phenoxy) is 1. The number of benzene rings is 1. The molecule has 2 nitrogen and oxygen atoms in total. The lowest BCUT2D eigenvalue weighted by atomic mass is 10.1. The molecule has 1 rings (SSSR count). The second-order valence-corrected chi connectivity index (χ2v) is 3.86. The highest BCUT2D eigenvalue weighted by Crippen LogP contribution is 2.21. The van der Waals surface area contributed by atoms with Crippen molar-refractivity contribution in [1.82, 2.24) is 0 Å². The zero-order valence-corrected chi connectivity index (χ0v) is 9.99. The zero-order valence-electron chi connectivity index (χ0n) is 9.99. The van der Waals surface area contributed by atoms with Gasteiger partial charge in [-0.05, 0) is 24.5 Å². The first kappa shape index (κ1) is 12.8. The molecule has 1 unspecified atom stereocenters. The predicted octanol–water partition coefficient (Wildman–Crippen LogP) is 2.92. The molecule has 0 fully saturated rings. The van der Waals surface area contributed by atoms with E-state index in [0.717, 1.165) is 25.0 Å². The summed E-state index contributed by atoms with van der Waals surface area (Å²) in [6, 6.07) is 8.07. The van der Waals surface area contributed by atoms with Crippen molar-refractivity contribution in [2.45, 2.75) is 32.3 Å². The molecule has 2 heteroatoms. The van der Waals surface area contributed by atoms with Gasteiger partial charge in [-0.1, -0.05) is 37.6 Å². The molecule has 1 aromatic rings. The van der Waals surface area contributed by atoms with Crippen LogP contribution < -0.4 is 10.5 Å². The third-order valence-corrected chi connectivity index (χ3v) is 2.50. The van der Waals surface area contributed by atoms with E-state index < -0.39 is 0 Å². The van der Waals surface area contributed by atoms with Gasteiger partial charge in [-0.2, -0.15) is 0 Å². The predicted molar refractivity (Wildman–Crippen MR) is 68.7 cm³/mol. The maximum atomic E-state index is 5.91. The fraction of sp³-hybridized carbons (Fsp3) is 0.429. The molecule has 0 aliphatic heterocycles. The Kier molecular flexibility index (Phi) is 5.65. The van der Waals surface area contributed by atoms with Gasteiger partial charge in [0.05, 0.1) is 0 Å². The molecule has 0 saturated carbocycles. The molecule has 0 bridgehead atoms. The van der Waals surface area contributed by atoms with Crippen molar-refractivity contribution in [1.29, 1.82) is 0 Å². The highest BCUT2D eigenvalue weighted by atomic mass is 16.5. The van der Waals surface area contributed by atoms with E-state index in [4.69, 9.17) is 10.5 Å². The lowest BCUT2D eigenvalue weighted by molar-refractivity contribution is 0.196. The van der Waals surface area contributed by atoms with E-state index in [-0.39, 0.29) is 6.10 Å². The van der Waals surface area contributed by atoms with Crippen LogP contribution in [0.1, 0.15) is 25.3 Å². The SMILES string of the molecule is C=CCc1ccccc1OC(CN)CCC. The Morgan fingerprint density at radius 2 is 2.19 bits per heavy atom. The summed E-state index contributed by atoms with van der Waals surface area (Å²) in [5.74, 6) is 0.936. The van der Waals surface area contributed by atoms with E-state index in [1.165, 1.54) is 5.56 Å². The van der Waals surface area contributed by atoms with Crippen molar-refractivity contribution in [3.63, 3.8) is 0 Å². The van der Waals surface area contributed by atoms with Crippen LogP contribution >= 0.6 is 0 Å². The molecular weight excluding hydrogens is 198 g/mol. The summed E-state index contributed by atoms with van der Waals surface area (Å²) in [5, 5.41) is 0. The first-order valence-electron chi connectivity index (χ1n) is 5.87. The molecule has 88 valence electrons. The average molecular weight is 219 g/mol. The summed E-state index contributed by atoms with van der Waals surface area (Å²) in [7, 11) is 0. The summed E-state index contributed by atoms with van der Waals surface area (Å²) < 4.78 is 5.91. The molecular formula is C14H21NO. The Hall–Kier alpha value is -1.28. The summed E-state index contributed by atoms with van der Waals surface area (Å²) in [6.07, 6.45) is 4.93. The second-order valence-electron chi connectivity index (χ2n) is 3.86. The Morgan fingerprint density at radius 1 is 1.44 bits per heavy atom. The minimum absolute atomic E-state index is 0.121. The van der Waals surface area contributed by atoms with Gasteiger partial charge in [0.15, 0.2) is 0 Å². The van der Waals surface area contributed by atoms with Crippen LogP contribution in [0.15, 0.2) is 36.9 Å². The standard InChI is InChI=1S/C14H21NO/c1-3-7-12-9-5-6-10-14(12)16-13(11-15)8-4-2/h3,5-6,9-10,13H,1,4,7-8,11,15H2,2H3. The van der Waals surface area contributed by atoms with E-state index in [0.29, 0.717) is 6.54 Å². The topological polar surface area (TPSA) is 35.2 Å². The fourth-order valence-electron chi connectivity index (χ4n) is 1.67. The summed E-state index contributed by atoms with van der Waals surface area (Å²) >= 11 is 0. The van der Waals surface area contributed by atoms with Crippen molar-refractivity contribution in [2.24, 2.45) is 5.73 Å². The molecule has 2 N–H and O–H groups in total. The minimum atomic E-state index is 0.121. The number of hydrogen-bond acceptors (Lipinski definition) is 2. The first-order chi connectivity index (χ1) is 7.81. The molecule has 0 spiro atoms. The quantitative estimate of drug-likeness (QED) is 0.716. The van der Waals surface area contributed by atoms with Gasteiger partial charge >= 0.3 is 0 Å². The zero-order chi connectivity index (χ0) is 11.8. The molecule has 0 aliphatic carbocycles.